The van der Waals surface area contributed by atoms with Crippen LogP contribution >= 0.6 is 0 Å². The van der Waals surface area contributed by atoms with Gasteiger partial charge in [0.1, 0.15) is 5.69 Å². The summed E-state index contributed by atoms with van der Waals surface area (Å²) in [6.07, 6.45) is 1.61. The van der Waals surface area contributed by atoms with Gasteiger partial charge in [-0.25, -0.2) is 5.01 Å². The molecule has 1 aromatic rings. The van der Waals surface area contributed by atoms with Crippen LogP contribution in [0.4, 0.5) is 5.69 Å². The summed E-state index contributed by atoms with van der Waals surface area (Å²) in [5.41, 5.74) is 4.08. The van der Waals surface area contributed by atoms with Gasteiger partial charge in [0, 0.05) is 32.0 Å². The fourth-order valence-corrected chi connectivity index (χ4v) is 1.59. The highest BCUT2D eigenvalue weighted by atomic mass is 16.5. The molecular weight excluding hydrogens is 220 g/mol. The Morgan fingerprint density at radius 1 is 1.47 bits per heavy atom. The molecule has 1 aromatic heterocycles. The van der Waals surface area contributed by atoms with E-state index in [0.717, 1.165) is 5.69 Å². The Morgan fingerprint density at radius 3 is 2.94 bits per heavy atom. The molecule has 1 aliphatic heterocycles. The number of nitrogens with zero attached hydrogens (tertiary/aromatic N) is 2. The normalized spacial score (nSPS) is 16.5. The molecule has 92 valence electrons. The second-order valence-corrected chi connectivity index (χ2v) is 3.72. The van der Waals surface area contributed by atoms with Crippen LogP contribution in [-0.2, 0) is 4.74 Å². The number of amides is 1. The van der Waals surface area contributed by atoms with Crippen LogP contribution in [0.5, 0.6) is 0 Å². The van der Waals surface area contributed by atoms with Crippen LogP contribution in [0.15, 0.2) is 18.3 Å². The summed E-state index contributed by atoms with van der Waals surface area (Å²) < 4.78 is 5.20. The van der Waals surface area contributed by atoms with Crippen molar-refractivity contribution >= 4 is 11.6 Å². The molecule has 0 spiro atoms. The molecule has 2 rings (SSSR count). The van der Waals surface area contributed by atoms with Gasteiger partial charge in [-0.2, -0.15) is 0 Å². The van der Waals surface area contributed by atoms with Crippen molar-refractivity contribution < 1.29 is 9.53 Å². The van der Waals surface area contributed by atoms with E-state index in [1.54, 1.807) is 19.3 Å². The third kappa shape index (κ3) is 3.15. The van der Waals surface area contributed by atoms with E-state index in [4.69, 9.17) is 4.74 Å². The van der Waals surface area contributed by atoms with E-state index < -0.39 is 0 Å². The van der Waals surface area contributed by atoms with Gasteiger partial charge in [-0.05, 0) is 12.1 Å². The van der Waals surface area contributed by atoms with Crippen LogP contribution < -0.4 is 10.7 Å². The number of hydrogen-bond acceptors (Lipinski definition) is 5. The van der Waals surface area contributed by atoms with Crippen LogP contribution in [0.1, 0.15) is 10.5 Å². The van der Waals surface area contributed by atoms with Gasteiger partial charge in [0.05, 0.1) is 13.2 Å². The van der Waals surface area contributed by atoms with Crippen LogP contribution in [0.2, 0.25) is 0 Å². The standard InChI is InChI=1S/C11H16N4O2/c1-12-9-2-3-13-10(8-9)11(16)14-15-4-6-17-7-5-15/h2-3,8H,4-7H2,1H3,(H,12,13)(H,14,16). The second kappa shape index (κ2) is 5.60. The number of aromatic nitrogens is 1. The molecule has 0 atom stereocenters. The average Bonchev–Trinajstić information content (AvgIpc) is 2.40. The maximum Gasteiger partial charge on any atom is 0.284 e. The van der Waals surface area contributed by atoms with Gasteiger partial charge >= 0.3 is 0 Å². The first-order chi connectivity index (χ1) is 8.29. The molecule has 2 heterocycles. The summed E-state index contributed by atoms with van der Waals surface area (Å²) in [6.45, 7) is 2.70. The first-order valence-corrected chi connectivity index (χ1v) is 5.57. The zero-order valence-corrected chi connectivity index (χ0v) is 9.77. The quantitative estimate of drug-likeness (QED) is 0.779. The lowest BCUT2D eigenvalue weighted by atomic mass is 10.3. The lowest BCUT2D eigenvalue weighted by molar-refractivity contribution is 0.0124. The van der Waals surface area contributed by atoms with Crippen LogP contribution in [0, 0.1) is 0 Å². The van der Waals surface area contributed by atoms with Crippen LogP contribution in [0.3, 0.4) is 0 Å². The van der Waals surface area contributed by atoms with Crippen molar-refractivity contribution in [1.82, 2.24) is 15.4 Å². The predicted octanol–water partition coefficient (Wildman–Crippen LogP) is 0.100. The minimum Gasteiger partial charge on any atom is -0.388 e. The van der Waals surface area contributed by atoms with Crippen molar-refractivity contribution in [3.8, 4) is 0 Å². The average molecular weight is 236 g/mol. The molecule has 6 nitrogen and oxygen atoms in total. The minimum atomic E-state index is -0.191. The van der Waals surface area contributed by atoms with Gasteiger partial charge in [0.15, 0.2) is 0 Å². The summed E-state index contributed by atoms with van der Waals surface area (Å²) in [5, 5.41) is 4.82. The third-order valence-corrected chi connectivity index (χ3v) is 2.55. The molecule has 0 aliphatic carbocycles. The fraction of sp³-hybridized carbons (Fsp3) is 0.455. The van der Waals surface area contributed by atoms with E-state index in [-0.39, 0.29) is 5.91 Å². The first kappa shape index (κ1) is 11.8. The molecule has 0 radical (unpaired) electrons. The summed E-state index contributed by atoms with van der Waals surface area (Å²) in [4.78, 5) is 15.9. The molecule has 1 amide bonds. The van der Waals surface area contributed by atoms with Gasteiger partial charge in [-0.15, -0.1) is 0 Å². The number of anilines is 1. The number of rotatable bonds is 3. The van der Waals surface area contributed by atoms with E-state index >= 15 is 0 Å². The van der Waals surface area contributed by atoms with Gasteiger partial charge in [-0.3, -0.25) is 15.2 Å². The molecule has 17 heavy (non-hydrogen) atoms. The van der Waals surface area contributed by atoms with Crippen molar-refractivity contribution in [2.45, 2.75) is 0 Å². The number of carbonyl (C=O) groups is 1. The van der Waals surface area contributed by atoms with Gasteiger partial charge in [0.2, 0.25) is 0 Å². The Bertz CT molecular complexity index is 391. The molecule has 0 unspecified atom stereocenters. The van der Waals surface area contributed by atoms with Crippen molar-refractivity contribution in [3.05, 3.63) is 24.0 Å². The topological polar surface area (TPSA) is 66.5 Å². The Morgan fingerprint density at radius 2 is 2.24 bits per heavy atom. The maximum atomic E-state index is 11.9. The molecule has 0 saturated carbocycles. The predicted molar refractivity (Wildman–Crippen MR) is 63.6 cm³/mol. The highest BCUT2D eigenvalue weighted by Gasteiger charge is 2.15. The SMILES string of the molecule is CNc1ccnc(C(=O)NN2CCOCC2)c1. The number of morpholine rings is 1. The Balaban J connectivity index is 1.98. The monoisotopic (exact) mass is 236 g/mol. The maximum absolute atomic E-state index is 11.9. The summed E-state index contributed by atoms with van der Waals surface area (Å²) in [7, 11) is 1.80. The van der Waals surface area contributed by atoms with Gasteiger partial charge in [-0.1, -0.05) is 0 Å². The highest BCUT2D eigenvalue weighted by molar-refractivity contribution is 5.92. The smallest absolute Gasteiger partial charge is 0.284 e. The lowest BCUT2D eigenvalue weighted by Gasteiger charge is -2.26. The molecule has 1 fully saturated rings. The van der Waals surface area contributed by atoms with Gasteiger partial charge in [0.25, 0.3) is 5.91 Å². The fourth-order valence-electron chi connectivity index (χ4n) is 1.59. The second-order valence-electron chi connectivity index (χ2n) is 3.72. The molecule has 0 bridgehead atoms. The summed E-state index contributed by atoms with van der Waals surface area (Å²) in [5.74, 6) is -0.191. The lowest BCUT2D eigenvalue weighted by Crippen LogP contribution is -2.48. The Kier molecular flexibility index (Phi) is 3.89. The number of hydrogen-bond donors (Lipinski definition) is 2. The molecule has 2 N–H and O–H groups in total. The number of nitrogens with one attached hydrogen (secondary N) is 2. The van der Waals surface area contributed by atoms with E-state index in [1.165, 1.54) is 0 Å². The highest BCUT2D eigenvalue weighted by Crippen LogP contribution is 2.06. The van der Waals surface area contributed by atoms with Gasteiger partial charge < -0.3 is 10.1 Å². The van der Waals surface area contributed by atoms with Crippen LogP contribution in [0.25, 0.3) is 0 Å². The van der Waals surface area contributed by atoms with E-state index in [2.05, 4.69) is 15.7 Å². The Hall–Kier alpha value is -1.66. The largest absolute Gasteiger partial charge is 0.388 e. The molecule has 6 heteroatoms. The number of carbonyl (C=O) groups excluding carboxylic acids is 1. The summed E-state index contributed by atoms with van der Waals surface area (Å²) in [6, 6.07) is 3.53. The number of hydrazine groups is 1. The van der Waals surface area contributed by atoms with E-state index in [0.29, 0.717) is 32.0 Å². The first-order valence-electron chi connectivity index (χ1n) is 5.57. The zero-order valence-electron chi connectivity index (χ0n) is 9.77. The van der Waals surface area contributed by atoms with Crippen molar-refractivity contribution in [2.24, 2.45) is 0 Å². The third-order valence-electron chi connectivity index (χ3n) is 2.55. The molecule has 1 aliphatic rings. The minimum absolute atomic E-state index is 0.191. The molecular formula is C11H16N4O2. The van der Waals surface area contributed by atoms with Crippen molar-refractivity contribution in [2.75, 3.05) is 38.7 Å². The van der Waals surface area contributed by atoms with Crippen molar-refractivity contribution in [3.63, 3.8) is 0 Å². The van der Waals surface area contributed by atoms with Crippen LogP contribution in [-0.4, -0.2) is 49.3 Å². The summed E-state index contributed by atoms with van der Waals surface area (Å²) >= 11 is 0. The van der Waals surface area contributed by atoms with E-state index in [9.17, 15) is 4.79 Å². The van der Waals surface area contributed by atoms with Crippen molar-refractivity contribution in [1.29, 1.82) is 0 Å². The molecule has 0 aromatic carbocycles. The zero-order chi connectivity index (χ0) is 12.1. The number of pyridine rings is 1. The van der Waals surface area contributed by atoms with E-state index in [1.807, 2.05) is 11.1 Å². The number of ether oxygens (including phenoxy) is 1. The molecule has 1 saturated heterocycles. The Labute approximate surface area is 99.9 Å².